The Bertz CT molecular complexity index is 556. The van der Waals surface area contributed by atoms with E-state index in [4.69, 9.17) is 15.2 Å². The first kappa shape index (κ1) is 16.1. The number of aliphatic hydroxyl groups is 1. The van der Waals surface area contributed by atoms with E-state index in [1.54, 1.807) is 0 Å². The fraction of sp³-hybridized carbons (Fsp3) is 0.588. The van der Waals surface area contributed by atoms with Crippen molar-refractivity contribution in [1.29, 1.82) is 0 Å². The largest absolute Gasteiger partial charge is 0.493 e. The summed E-state index contributed by atoms with van der Waals surface area (Å²) in [5.41, 5.74) is 7.13. The zero-order chi connectivity index (χ0) is 16.1. The van der Waals surface area contributed by atoms with Crippen molar-refractivity contribution in [3.05, 3.63) is 29.8 Å². The van der Waals surface area contributed by atoms with Crippen LogP contribution in [0.5, 0.6) is 5.75 Å². The summed E-state index contributed by atoms with van der Waals surface area (Å²) in [6.07, 6.45) is 2.48. The fourth-order valence-electron chi connectivity index (χ4n) is 3.26. The van der Waals surface area contributed by atoms with Gasteiger partial charge in [0.25, 0.3) is 0 Å². The molecule has 6 nitrogen and oxygen atoms in total. The lowest BCUT2D eigenvalue weighted by molar-refractivity contribution is 0.131. The molecule has 3 rings (SSSR count). The van der Waals surface area contributed by atoms with Gasteiger partial charge in [0.2, 0.25) is 0 Å². The first-order chi connectivity index (χ1) is 11.2. The van der Waals surface area contributed by atoms with Crippen LogP contribution in [0.15, 0.2) is 29.3 Å². The molecule has 0 aromatic heterocycles. The van der Waals surface area contributed by atoms with Crippen molar-refractivity contribution in [3.63, 3.8) is 0 Å². The molecule has 6 heteroatoms. The summed E-state index contributed by atoms with van der Waals surface area (Å²) in [6.45, 7) is 2.78. The second kappa shape index (κ2) is 7.19. The van der Waals surface area contributed by atoms with E-state index in [1.807, 2.05) is 18.2 Å². The van der Waals surface area contributed by atoms with E-state index in [1.165, 1.54) is 0 Å². The van der Waals surface area contributed by atoms with Crippen LogP contribution in [0.25, 0.3) is 0 Å². The number of hydrogen-bond donors (Lipinski definition) is 3. The number of guanidine groups is 1. The zero-order valence-electron chi connectivity index (χ0n) is 13.3. The van der Waals surface area contributed by atoms with Crippen molar-refractivity contribution < 1.29 is 14.6 Å². The third kappa shape index (κ3) is 3.76. The van der Waals surface area contributed by atoms with Gasteiger partial charge in [0, 0.05) is 30.6 Å². The minimum absolute atomic E-state index is 0.0748. The lowest BCUT2D eigenvalue weighted by Crippen LogP contribution is -2.38. The summed E-state index contributed by atoms with van der Waals surface area (Å²) in [7, 11) is 0. The van der Waals surface area contributed by atoms with Gasteiger partial charge in [-0.25, -0.2) is 0 Å². The van der Waals surface area contributed by atoms with Crippen LogP contribution < -0.4 is 15.8 Å². The summed E-state index contributed by atoms with van der Waals surface area (Å²) in [4.78, 5) is 4.52. The molecular formula is C17H25N3O3. The Kier molecular flexibility index (Phi) is 5.03. The average Bonchev–Trinajstić information content (AvgIpc) is 3.03. The van der Waals surface area contributed by atoms with E-state index >= 15 is 0 Å². The van der Waals surface area contributed by atoms with Gasteiger partial charge in [-0.2, -0.15) is 0 Å². The number of ether oxygens (including phenoxy) is 2. The third-order valence-corrected chi connectivity index (χ3v) is 4.69. The van der Waals surface area contributed by atoms with Gasteiger partial charge in [-0.15, -0.1) is 0 Å². The van der Waals surface area contributed by atoms with Crippen LogP contribution in [0.2, 0.25) is 0 Å². The number of benzene rings is 1. The first-order valence-corrected chi connectivity index (χ1v) is 8.19. The molecule has 1 saturated heterocycles. The minimum atomic E-state index is -0.0748. The molecule has 2 unspecified atom stereocenters. The van der Waals surface area contributed by atoms with Gasteiger partial charge in [-0.1, -0.05) is 18.2 Å². The summed E-state index contributed by atoms with van der Waals surface area (Å²) in [6, 6.07) is 8.12. The summed E-state index contributed by atoms with van der Waals surface area (Å²) in [5.74, 6) is 1.35. The molecule has 0 bridgehead atoms. The number of nitrogens with zero attached hydrogens (tertiary/aromatic N) is 1. The summed E-state index contributed by atoms with van der Waals surface area (Å²) >= 11 is 0. The summed E-state index contributed by atoms with van der Waals surface area (Å²) < 4.78 is 11.1. The molecule has 0 spiro atoms. The molecule has 2 atom stereocenters. The third-order valence-electron chi connectivity index (χ3n) is 4.69. The molecule has 23 heavy (non-hydrogen) atoms. The molecule has 1 aromatic carbocycles. The standard InChI is InChI=1S/C17H25N3O3/c18-16(19-11-17(6-8-21)7-10-22-12-17)20-14-5-9-23-15-4-2-1-3-13(14)15/h1-4,14,21H,5-12H2,(H3,18,19,20). The maximum absolute atomic E-state index is 9.26. The molecular weight excluding hydrogens is 294 g/mol. The second-order valence-electron chi connectivity index (χ2n) is 6.35. The Morgan fingerprint density at radius 1 is 1.39 bits per heavy atom. The predicted octanol–water partition coefficient (Wildman–Crippen LogP) is 1.20. The highest BCUT2D eigenvalue weighted by molar-refractivity contribution is 5.78. The molecule has 2 heterocycles. The fourth-order valence-corrected chi connectivity index (χ4v) is 3.26. The molecule has 126 valence electrons. The van der Waals surface area contributed by atoms with Gasteiger partial charge in [0.05, 0.1) is 25.8 Å². The maximum atomic E-state index is 9.26. The summed E-state index contributed by atoms with van der Waals surface area (Å²) in [5, 5.41) is 12.6. The van der Waals surface area contributed by atoms with Crippen molar-refractivity contribution in [2.75, 3.05) is 33.0 Å². The highest BCUT2D eigenvalue weighted by atomic mass is 16.5. The molecule has 0 radical (unpaired) electrons. The van der Waals surface area contributed by atoms with E-state index in [2.05, 4.69) is 16.4 Å². The van der Waals surface area contributed by atoms with Gasteiger partial charge in [-0.3, -0.25) is 4.99 Å². The lowest BCUT2D eigenvalue weighted by Gasteiger charge is -2.28. The number of nitrogens with one attached hydrogen (secondary N) is 1. The van der Waals surface area contributed by atoms with Crippen LogP contribution in [0.1, 0.15) is 30.9 Å². The van der Waals surface area contributed by atoms with Gasteiger partial charge in [0.1, 0.15) is 5.75 Å². The van der Waals surface area contributed by atoms with Crippen LogP contribution in [0, 0.1) is 5.41 Å². The Balaban J connectivity index is 1.64. The minimum Gasteiger partial charge on any atom is -0.493 e. The number of rotatable bonds is 5. The quantitative estimate of drug-likeness (QED) is 0.561. The average molecular weight is 319 g/mol. The molecule has 0 amide bonds. The molecule has 0 aliphatic carbocycles. The Morgan fingerprint density at radius 3 is 3.04 bits per heavy atom. The van der Waals surface area contributed by atoms with Gasteiger partial charge < -0.3 is 25.6 Å². The number of aliphatic hydroxyl groups excluding tert-OH is 1. The maximum Gasteiger partial charge on any atom is 0.189 e. The topological polar surface area (TPSA) is 89.1 Å². The Hall–Kier alpha value is -1.79. The van der Waals surface area contributed by atoms with Crippen molar-refractivity contribution >= 4 is 5.96 Å². The van der Waals surface area contributed by atoms with E-state index in [0.29, 0.717) is 32.1 Å². The van der Waals surface area contributed by atoms with Crippen LogP contribution in [0.3, 0.4) is 0 Å². The van der Waals surface area contributed by atoms with E-state index in [9.17, 15) is 5.11 Å². The van der Waals surface area contributed by atoms with Crippen molar-refractivity contribution in [3.8, 4) is 5.75 Å². The van der Waals surface area contributed by atoms with Gasteiger partial charge in [0.15, 0.2) is 5.96 Å². The lowest BCUT2D eigenvalue weighted by atomic mass is 9.84. The Labute approximate surface area is 136 Å². The first-order valence-electron chi connectivity index (χ1n) is 8.19. The molecule has 0 saturated carbocycles. The number of aliphatic imine (C=N–C) groups is 1. The SMILES string of the molecule is NC(=NCC1(CCO)CCOC1)NC1CCOc2ccccc21. The van der Waals surface area contributed by atoms with Crippen molar-refractivity contribution in [2.45, 2.75) is 25.3 Å². The molecule has 2 aliphatic rings. The number of nitrogens with two attached hydrogens (primary N) is 1. The Morgan fingerprint density at radius 2 is 2.26 bits per heavy atom. The highest BCUT2D eigenvalue weighted by Crippen LogP contribution is 2.33. The van der Waals surface area contributed by atoms with E-state index < -0.39 is 0 Å². The van der Waals surface area contributed by atoms with Gasteiger partial charge in [-0.05, 0) is 18.9 Å². The normalized spacial score (nSPS) is 27.3. The van der Waals surface area contributed by atoms with Crippen LogP contribution in [-0.2, 0) is 4.74 Å². The van der Waals surface area contributed by atoms with Crippen molar-refractivity contribution in [2.24, 2.45) is 16.1 Å². The zero-order valence-corrected chi connectivity index (χ0v) is 13.3. The number of para-hydroxylation sites is 1. The van der Waals surface area contributed by atoms with E-state index in [0.717, 1.165) is 30.8 Å². The van der Waals surface area contributed by atoms with Gasteiger partial charge >= 0.3 is 0 Å². The highest BCUT2D eigenvalue weighted by Gasteiger charge is 2.34. The molecule has 2 aliphatic heterocycles. The molecule has 1 aromatic rings. The van der Waals surface area contributed by atoms with E-state index in [-0.39, 0.29) is 18.1 Å². The number of fused-ring (bicyclic) bond motifs is 1. The van der Waals surface area contributed by atoms with Crippen molar-refractivity contribution in [1.82, 2.24) is 5.32 Å². The van der Waals surface area contributed by atoms with Crippen LogP contribution >= 0.6 is 0 Å². The smallest absolute Gasteiger partial charge is 0.189 e. The molecule has 4 N–H and O–H groups in total. The predicted molar refractivity (Wildman–Crippen MR) is 88.5 cm³/mol. The van der Waals surface area contributed by atoms with Crippen LogP contribution in [0.4, 0.5) is 0 Å². The van der Waals surface area contributed by atoms with Crippen LogP contribution in [-0.4, -0.2) is 44.0 Å². The number of hydrogen-bond acceptors (Lipinski definition) is 4. The monoisotopic (exact) mass is 319 g/mol. The second-order valence-corrected chi connectivity index (χ2v) is 6.35. The molecule has 1 fully saturated rings.